The Kier molecular flexibility index (Phi) is 5.58. The number of fused-ring (bicyclic) bond motifs is 1. The summed E-state index contributed by atoms with van der Waals surface area (Å²) in [5.41, 5.74) is 7.21. The molecule has 0 spiro atoms. The molecule has 0 aliphatic carbocycles. The molecule has 0 amide bonds. The summed E-state index contributed by atoms with van der Waals surface area (Å²) >= 11 is 0. The third-order valence-corrected chi connectivity index (χ3v) is 3.60. The van der Waals surface area contributed by atoms with Crippen molar-refractivity contribution in [1.29, 1.82) is 0 Å². The molecule has 6 nitrogen and oxygen atoms in total. The van der Waals surface area contributed by atoms with E-state index in [1.165, 1.54) is 24.3 Å². The molecule has 0 saturated carbocycles. The van der Waals surface area contributed by atoms with Crippen LogP contribution in [-0.2, 0) is 6.54 Å². The van der Waals surface area contributed by atoms with Gasteiger partial charge in [-0.15, -0.1) is 13.2 Å². The number of hydrogen-bond donors (Lipinski definition) is 2. The van der Waals surface area contributed by atoms with Crippen LogP contribution in [0, 0.1) is 0 Å². The molecule has 1 heterocycles. The van der Waals surface area contributed by atoms with Crippen LogP contribution in [-0.4, -0.2) is 25.5 Å². The van der Waals surface area contributed by atoms with Crippen molar-refractivity contribution in [2.45, 2.75) is 19.3 Å². The second-order valence-electron chi connectivity index (χ2n) is 5.73. The molecule has 3 N–H and O–H groups in total. The van der Waals surface area contributed by atoms with Crippen molar-refractivity contribution in [3.63, 3.8) is 0 Å². The maximum atomic E-state index is 12.1. The van der Waals surface area contributed by atoms with Gasteiger partial charge in [0.25, 0.3) is 0 Å². The highest BCUT2D eigenvalue weighted by Crippen LogP contribution is 2.30. The van der Waals surface area contributed by atoms with Crippen molar-refractivity contribution in [3.05, 3.63) is 48.0 Å². The molecule has 0 saturated heterocycles. The molecule has 0 radical (unpaired) electrons. The fraction of sp³-hybridized carbons (Fsp3) is 0.278. The number of nitrogens with zero attached hydrogens (tertiary/aromatic N) is 1. The van der Waals surface area contributed by atoms with Crippen molar-refractivity contribution in [2.24, 2.45) is 10.7 Å². The average molecular weight is 381 g/mol. The van der Waals surface area contributed by atoms with E-state index in [-0.39, 0.29) is 11.7 Å². The number of alkyl halides is 3. The van der Waals surface area contributed by atoms with E-state index < -0.39 is 6.36 Å². The van der Waals surface area contributed by atoms with Gasteiger partial charge in [-0.2, -0.15) is 0 Å². The first kappa shape index (κ1) is 18.7. The van der Waals surface area contributed by atoms with E-state index in [0.717, 1.165) is 12.0 Å². The third kappa shape index (κ3) is 5.70. The van der Waals surface area contributed by atoms with Crippen molar-refractivity contribution in [3.8, 4) is 17.2 Å². The molecule has 0 bridgehead atoms. The van der Waals surface area contributed by atoms with Crippen LogP contribution in [0.3, 0.4) is 0 Å². The van der Waals surface area contributed by atoms with E-state index in [4.69, 9.17) is 15.2 Å². The standard InChI is InChI=1S/C18H18F3N3O3/c19-18(20,21)27-14-5-3-13(4-6-14)24-17(22)23-11-12-2-7-15-16(10-12)26-9-1-8-25-15/h2-7,10H,1,8-9,11H2,(H3,22,23,24). The van der Waals surface area contributed by atoms with E-state index in [2.05, 4.69) is 15.0 Å². The molecule has 1 aliphatic rings. The van der Waals surface area contributed by atoms with Gasteiger partial charge in [0.05, 0.1) is 19.8 Å². The highest BCUT2D eigenvalue weighted by Gasteiger charge is 2.30. The summed E-state index contributed by atoms with van der Waals surface area (Å²) in [6, 6.07) is 10.7. The maximum Gasteiger partial charge on any atom is 0.573 e. The predicted octanol–water partition coefficient (Wildman–Crippen LogP) is 3.67. The lowest BCUT2D eigenvalue weighted by Crippen LogP contribution is -2.22. The van der Waals surface area contributed by atoms with Gasteiger partial charge in [0.15, 0.2) is 17.5 Å². The van der Waals surface area contributed by atoms with Crippen LogP contribution in [0.25, 0.3) is 0 Å². The summed E-state index contributed by atoms with van der Waals surface area (Å²) in [6.45, 7) is 1.52. The van der Waals surface area contributed by atoms with Gasteiger partial charge < -0.3 is 25.3 Å². The first-order valence-electron chi connectivity index (χ1n) is 8.20. The van der Waals surface area contributed by atoms with E-state index >= 15 is 0 Å². The third-order valence-electron chi connectivity index (χ3n) is 3.60. The molecule has 27 heavy (non-hydrogen) atoms. The van der Waals surface area contributed by atoms with Crippen LogP contribution in [0.1, 0.15) is 12.0 Å². The molecular formula is C18H18F3N3O3. The SMILES string of the molecule is NC(=NCc1ccc2c(c1)OCCCO2)Nc1ccc(OC(F)(F)F)cc1. The Labute approximate surface area is 153 Å². The Morgan fingerprint density at radius 2 is 1.78 bits per heavy atom. The van der Waals surface area contributed by atoms with Crippen LogP contribution < -0.4 is 25.3 Å². The Morgan fingerprint density at radius 1 is 1.07 bits per heavy atom. The zero-order valence-corrected chi connectivity index (χ0v) is 14.3. The van der Waals surface area contributed by atoms with Gasteiger partial charge in [0.2, 0.25) is 0 Å². The molecule has 0 unspecified atom stereocenters. The molecule has 2 aromatic rings. The first-order valence-corrected chi connectivity index (χ1v) is 8.20. The largest absolute Gasteiger partial charge is 0.573 e. The predicted molar refractivity (Wildman–Crippen MR) is 94.1 cm³/mol. The van der Waals surface area contributed by atoms with Gasteiger partial charge in [0.1, 0.15) is 5.75 Å². The zero-order valence-electron chi connectivity index (χ0n) is 14.3. The smallest absolute Gasteiger partial charge is 0.490 e. The van der Waals surface area contributed by atoms with Gasteiger partial charge >= 0.3 is 6.36 Å². The minimum Gasteiger partial charge on any atom is -0.490 e. The van der Waals surface area contributed by atoms with Crippen LogP contribution in [0.4, 0.5) is 18.9 Å². The molecule has 9 heteroatoms. The Bertz CT molecular complexity index is 808. The summed E-state index contributed by atoms with van der Waals surface area (Å²) in [5.74, 6) is 1.20. The lowest BCUT2D eigenvalue weighted by molar-refractivity contribution is -0.274. The normalized spacial score (nSPS) is 14.4. The van der Waals surface area contributed by atoms with Crippen molar-refractivity contribution >= 4 is 11.6 Å². The number of hydrogen-bond acceptors (Lipinski definition) is 4. The van der Waals surface area contributed by atoms with Gasteiger partial charge in [-0.3, -0.25) is 0 Å². The number of ether oxygens (including phenoxy) is 3. The van der Waals surface area contributed by atoms with Gasteiger partial charge in [-0.1, -0.05) is 6.07 Å². The first-order chi connectivity index (χ1) is 12.9. The van der Waals surface area contributed by atoms with E-state index in [0.29, 0.717) is 36.9 Å². The van der Waals surface area contributed by atoms with Crippen molar-refractivity contribution in [1.82, 2.24) is 0 Å². The summed E-state index contributed by atoms with van der Waals surface area (Å²) in [6.07, 6.45) is -3.90. The number of halogens is 3. The quantitative estimate of drug-likeness (QED) is 0.624. The lowest BCUT2D eigenvalue weighted by atomic mass is 10.2. The molecule has 3 rings (SSSR count). The molecule has 2 aromatic carbocycles. The van der Waals surface area contributed by atoms with E-state index in [1.807, 2.05) is 18.2 Å². The number of nitrogens with one attached hydrogen (secondary N) is 1. The van der Waals surface area contributed by atoms with Crippen LogP contribution in [0.15, 0.2) is 47.5 Å². The zero-order chi connectivity index (χ0) is 19.3. The molecule has 0 fully saturated rings. The number of aliphatic imine (C=N–C) groups is 1. The second kappa shape index (κ2) is 8.07. The average Bonchev–Trinajstić information content (AvgIpc) is 2.85. The fourth-order valence-electron chi connectivity index (χ4n) is 2.41. The highest BCUT2D eigenvalue weighted by molar-refractivity contribution is 5.92. The molecule has 1 aliphatic heterocycles. The lowest BCUT2D eigenvalue weighted by Gasteiger charge is -2.10. The van der Waals surface area contributed by atoms with E-state index in [9.17, 15) is 13.2 Å². The maximum absolute atomic E-state index is 12.1. The summed E-state index contributed by atoms with van der Waals surface area (Å²) < 4.78 is 51.4. The minimum atomic E-state index is -4.72. The molecule has 144 valence electrons. The highest BCUT2D eigenvalue weighted by atomic mass is 19.4. The van der Waals surface area contributed by atoms with Crippen molar-refractivity contribution in [2.75, 3.05) is 18.5 Å². The van der Waals surface area contributed by atoms with Crippen molar-refractivity contribution < 1.29 is 27.4 Å². The monoisotopic (exact) mass is 381 g/mol. The Balaban J connectivity index is 1.59. The Hall–Kier alpha value is -3.10. The summed E-state index contributed by atoms with van der Waals surface area (Å²) in [5, 5.41) is 2.81. The summed E-state index contributed by atoms with van der Waals surface area (Å²) in [7, 11) is 0. The van der Waals surface area contributed by atoms with E-state index in [1.54, 1.807) is 0 Å². The second-order valence-corrected chi connectivity index (χ2v) is 5.73. The fourth-order valence-corrected chi connectivity index (χ4v) is 2.41. The number of nitrogens with two attached hydrogens (primary N) is 1. The van der Waals surface area contributed by atoms with Crippen LogP contribution in [0.2, 0.25) is 0 Å². The number of guanidine groups is 1. The number of rotatable bonds is 4. The van der Waals surface area contributed by atoms with Gasteiger partial charge in [0, 0.05) is 12.1 Å². The Morgan fingerprint density at radius 3 is 2.48 bits per heavy atom. The molecule has 0 atom stereocenters. The topological polar surface area (TPSA) is 78.1 Å². The van der Waals surface area contributed by atoms with Crippen LogP contribution >= 0.6 is 0 Å². The van der Waals surface area contributed by atoms with Gasteiger partial charge in [-0.25, -0.2) is 4.99 Å². The number of anilines is 1. The molecular weight excluding hydrogens is 363 g/mol. The minimum absolute atomic E-state index is 0.131. The van der Waals surface area contributed by atoms with Gasteiger partial charge in [-0.05, 0) is 42.0 Å². The summed E-state index contributed by atoms with van der Waals surface area (Å²) in [4.78, 5) is 4.22. The molecule has 0 aromatic heterocycles. The van der Waals surface area contributed by atoms with Crippen LogP contribution in [0.5, 0.6) is 17.2 Å². The number of benzene rings is 2.